The van der Waals surface area contributed by atoms with Crippen LogP contribution in [0.15, 0.2) is 48.5 Å². The van der Waals surface area contributed by atoms with Crippen LogP contribution in [0.5, 0.6) is 0 Å². The first-order valence-corrected chi connectivity index (χ1v) is 9.59. The molecule has 28 heavy (non-hydrogen) atoms. The van der Waals surface area contributed by atoms with E-state index in [-0.39, 0.29) is 48.8 Å². The molecule has 5 nitrogen and oxygen atoms in total. The number of carbonyl (C=O) groups is 2. The first-order valence-electron chi connectivity index (χ1n) is 9.59. The summed E-state index contributed by atoms with van der Waals surface area (Å²) in [7, 11) is 0. The number of hydrogen-bond acceptors (Lipinski definition) is 3. The monoisotopic (exact) mass is 382 g/mol. The van der Waals surface area contributed by atoms with Crippen molar-refractivity contribution < 1.29 is 19.1 Å². The van der Waals surface area contributed by atoms with Gasteiger partial charge in [0.05, 0.1) is 25.2 Å². The second-order valence-electron chi connectivity index (χ2n) is 7.37. The fraction of sp³-hybridized carbons (Fsp3) is 0.364. The summed E-state index contributed by atoms with van der Waals surface area (Å²) < 4.78 is 14.0. The number of benzene rings is 2. The van der Waals surface area contributed by atoms with Crippen molar-refractivity contribution in [3.8, 4) is 11.1 Å². The smallest absolute Gasteiger partial charge is 0.242 e. The van der Waals surface area contributed by atoms with E-state index in [9.17, 15) is 19.1 Å². The molecule has 6 heteroatoms. The molecule has 1 N–H and O–H groups in total. The normalized spacial score (nSPS) is 24.0. The summed E-state index contributed by atoms with van der Waals surface area (Å²) in [5.41, 5.74) is 2.30. The van der Waals surface area contributed by atoms with Crippen molar-refractivity contribution in [3.63, 3.8) is 0 Å². The van der Waals surface area contributed by atoms with Gasteiger partial charge >= 0.3 is 0 Å². The summed E-state index contributed by atoms with van der Waals surface area (Å²) in [6.07, 6.45) is 0.366. The van der Waals surface area contributed by atoms with Gasteiger partial charge < -0.3 is 14.9 Å². The van der Waals surface area contributed by atoms with Crippen molar-refractivity contribution in [2.45, 2.75) is 31.3 Å². The maximum atomic E-state index is 14.0. The Morgan fingerprint density at radius 1 is 1.18 bits per heavy atom. The number of carbonyl (C=O) groups excluding carboxylic acids is 2. The van der Waals surface area contributed by atoms with E-state index in [2.05, 4.69) is 0 Å². The standard InChI is InChI=1S/C22H23FN2O3/c1-2-20(27)24-11-18-22(19(13-26)25(18)21(28)12-24)15-9-7-14(8-10-15)16-5-3-4-6-17(16)23/h3-10,18-19,22,26H,2,11-13H2,1H3/t18-,19-,22-/m1/s1. The Hall–Kier alpha value is -2.73. The molecule has 2 aliphatic rings. The van der Waals surface area contributed by atoms with Gasteiger partial charge in [0, 0.05) is 24.4 Å². The first kappa shape index (κ1) is 18.6. The van der Waals surface area contributed by atoms with Crippen LogP contribution >= 0.6 is 0 Å². The van der Waals surface area contributed by atoms with Crippen molar-refractivity contribution in [1.29, 1.82) is 0 Å². The fourth-order valence-electron chi connectivity index (χ4n) is 4.49. The molecule has 3 atom stereocenters. The molecule has 0 saturated carbocycles. The molecule has 4 rings (SSSR count). The van der Waals surface area contributed by atoms with Crippen molar-refractivity contribution in [3.05, 3.63) is 59.9 Å². The predicted octanol–water partition coefficient (Wildman–Crippen LogP) is 2.40. The van der Waals surface area contributed by atoms with Crippen molar-refractivity contribution in [2.75, 3.05) is 19.7 Å². The van der Waals surface area contributed by atoms with Crippen LogP contribution in [-0.2, 0) is 9.59 Å². The molecule has 0 unspecified atom stereocenters. The number of aliphatic hydroxyl groups excluding tert-OH is 1. The van der Waals surface area contributed by atoms with Crippen LogP contribution in [0.2, 0.25) is 0 Å². The van der Waals surface area contributed by atoms with Crippen LogP contribution in [0.1, 0.15) is 24.8 Å². The van der Waals surface area contributed by atoms with Gasteiger partial charge in [0.2, 0.25) is 11.8 Å². The van der Waals surface area contributed by atoms with Gasteiger partial charge in [-0.3, -0.25) is 9.59 Å². The van der Waals surface area contributed by atoms with E-state index < -0.39 is 0 Å². The van der Waals surface area contributed by atoms with Gasteiger partial charge in [-0.05, 0) is 17.2 Å². The number of aliphatic hydroxyl groups is 1. The zero-order valence-corrected chi connectivity index (χ0v) is 15.7. The lowest BCUT2D eigenvalue weighted by molar-refractivity contribution is -0.166. The summed E-state index contributed by atoms with van der Waals surface area (Å²) in [5, 5.41) is 9.84. The molecular weight excluding hydrogens is 359 g/mol. The minimum Gasteiger partial charge on any atom is -0.394 e. The highest BCUT2D eigenvalue weighted by atomic mass is 19.1. The van der Waals surface area contributed by atoms with E-state index in [0.29, 0.717) is 18.5 Å². The van der Waals surface area contributed by atoms with Gasteiger partial charge in [0.25, 0.3) is 0 Å². The summed E-state index contributed by atoms with van der Waals surface area (Å²) >= 11 is 0. The highest BCUT2D eigenvalue weighted by molar-refractivity contribution is 5.87. The lowest BCUT2D eigenvalue weighted by Crippen LogP contribution is -2.73. The molecule has 0 radical (unpaired) electrons. The minimum atomic E-state index is -0.282. The number of amides is 2. The van der Waals surface area contributed by atoms with Crippen LogP contribution in [0, 0.1) is 5.82 Å². The Kier molecular flexibility index (Phi) is 4.89. The largest absolute Gasteiger partial charge is 0.394 e. The van der Waals surface area contributed by atoms with E-state index in [1.807, 2.05) is 24.3 Å². The first-order chi connectivity index (χ1) is 13.5. The Morgan fingerprint density at radius 3 is 2.54 bits per heavy atom. The molecule has 2 saturated heterocycles. The lowest BCUT2D eigenvalue weighted by Gasteiger charge is -2.58. The maximum Gasteiger partial charge on any atom is 0.242 e. The molecule has 0 aliphatic carbocycles. The third-order valence-electron chi connectivity index (χ3n) is 5.89. The van der Waals surface area contributed by atoms with Crippen molar-refractivity contribution in [2.24, 2.45) is 0 Å². The molecule has 2 amide bonds. The highest BCUT2D eigenvalue weighted by Crippen LogP contribution is 2.43. The van der Waals surface area contributed by atoms with E-state index in [1.54, 1.807) is 34.9 Å². The Balaban J connectivity index is 1.60. The molecule has 2 aromatic rings. The van der Waals surface area contributed by atoms with Gasteiger partial charge in [-0.15, -0.1) is 0 Å². The average Bonchev–Trinajstić information content (AvgIpc) is 2.70. The zero-order valence-electron chi connectivity index (χ0n) is 15.7. The number of rotatable bonds is 4. The van der Waals surface area contributed by atoms with Crippen LogP contribution in [0.4, 0.5) is 4.39 Å². The van der Waals surface area contributed by atoms with Gasteiger partial charge in [-0.25, -0.2) is 4.39 Å². The second kappa shape index (κ2) is 7.36. The number of halogens is 1. The molecule has 0 bridgehead atoms. The minimum absolute atomic E-state index is 0.0332. The Labute approximate surface area is 163 Å². The number of nitrogens with zero attached hydrogens (tertiary/aromatic N) is 2. The SMILES string of the molecule is CCC(=O)N1CC(=O)N2[C@H](CO)[C@H](c3ccc(-c4ccccc4F)cc3)[C@H]2C1. The van der Waals surface area contributed by atoms with Gasteiger partial charge in [-0.2, -0.15) is 0 Å². The molecular formula is C22H23FN2O3. The van der Waals surface area contributed by atoms with Crippen LogP contribution in [0.3, 0.4) is 0 Å². The van der Waals surface area contributed by atoms with E-state index in [1.165, 1.54) is 6.07 Å². The molecule has 0 spiro atoms. The third-order valence-corrected chi connectivity index (χ3v) is 5.89. The summed E-state index contributed by atoms with van der Waals surface area (Å²) in [6, 6.07) is 13.8. The summed E-state index contributed by atoms with van der Waals surface area (Å²) in [4.78, 5) is 27.9. The summed E-state index contributed by atoms with van der Waals surface area (Å²) in [6.45, 7) is 2.23. The van der Waals surface area contributed by atoms with E-state index in [0.717, 1.165) is 11.1 Å². The number of fused-ring (bicyclic) bond motifs is 1. The fourth-order valence-corrected chi connectivity index (χ4v) is 4.49. The molecule has 2 heterocycles. The van der Waals surface area contributed by atoms with Gasteiger partial charge in [-0.1, -0.05) is 49.4 Å². The molecule has 2 aliphatic heterocycles. The number of hydrogen-bond donors (Lipinski definition) is 1. The number of piperazine rings is 1. The third kappa shape index (κ3) is 2.98. The van der Waals surface area contributed by atoms with Gasteiger partial charge in [0.15, 0.2) is 0 Å². The topological polar surface area (TPSA) is 60.9 Å². The van der Waals surface area contributed by atoms with Crippen LogP contribution < -0.4 is 0 Å². The van der Waals surface area contributed by atoms with E-state index in [4.69, 9.17) is 0 Å². The summed E-state index contributed by atoms with van der Waals surface area (Å²) in [5.74, 6) is -0.466. The Morgan fingerprint density at radius 2 is 1.89 bits per heavy atom. The molecule has 2 fully saturated rings. The lowest BCUT2D eigenvalue weighted by atomic mass is 9.73. The Bertz CT molecular complexity index is 899. The molecule has 0 aromatic heterocycles. The van der Waals surface area contributed by atoms with Crippen LogP contribution in [0.25, 0.3) is 11.1 Å². The maximum absolute atomic E-state index is 14.0. The van der Waals surface area contributed by atoms with Crippen molar-refractivity contribution in [1.82, 2.24) is 9.80 Å². The van der Waals surface area contributed by atoms with Gasteiger partial charge in [0.1, 0.15) is 5.82 Å². The quantitative estimate of drug-likeness (QED) is 0.883. The average molecular weight is 382 g/mol. The highest BCUT2D eigenvalue weighted by Gasteiger charge is 2.54. The zero-order chi connectivity index (χ0) is 19.8. The van der Waals surface area contributed by atoms with Crippen molar-refractivity contribution >= 4 is 11.8 Å². The predicted molar refractivity (Wildman–Crippen MR) is 103 cm³/mol. The van der Waals surface area contributed by atoms with Crippen LogP contribution in [-0.4, -0.2) is 58.5 Å². The molecule has 2 aromatic carbocycles. The molecule has 146 valence electrons. The van der Waals surface area contributed by atoms with E-state index >= 15 is 0 Å². The second-order valence-corrected chi connectivity index (χ2v) is 7.37.